The molecule has 2 aromatic rings. The van der Waals surface area contributed by atoms with Crippen LogP contribution in [0, 0.1) is 17.7 Å². The fraction of sp³-hybridized carbons (Fsp3) is 0.412. The van der Waals surface area contributed by atoms with E-state index < -0.39 is 0 Å². The lowest BCUT2D eigenvalue weighted by Crippen LogP contribution is -2.27. The van der Waals surface area contributed by atoms with Crippen LogP contribution in [0.15, 0.2) is 29.1 Å². The van der Waals surface area contributed by atoms with Gasteiger partial charge in [-0.25, -0.2) is 9.37 Å². The lowest BCUT2D eigenvalue weighted by Gasteiger charge is -2.20. The summed E-state index contributed by atoms with van der Waals surface area (Å²) in [6.45, 7) is 0. The fourth-order valence-electron chi connectivity index (χ4n) is 3.72. The molecule has 2 aliphatic rings. The second-order valence-electron chi connectivity index (χ2n) is 6.42. The molecule has 4 rings (SSSR count). The topological polar surface area (TPSA) is 46.9 Å². The Morgan fingerprint density at radius 3 is 2.48 bits per heavy atom. The van der Waals surface area contributed by atoms with Gasteiger partial charge in [0.25, 0.3) is 5.56 Å². The van der Waals surface area contributed by atoms with E-state index in [1.165, 1.54) is 23.1 Å². The molecule has 1 aromatic heterocycles. The van der Waals surface area contributed by atoms with Gasteiger partial charge in [-0.05, 0) is 55.4 Å². The minimum atomic E-state index is -0.337. The summed E-state index contributed by atoms with van der Waals surface area (Å²) < 4.78 is 14.8. The van der Waals surface area contributed by atoms with E-state index in [1.54, 1.807) is 19.2 Å². The Bertz CT molecular complexity index is 808. The number of hydrogen-bond donors (Lipinski definition) is 1. The smallest absolute Gasteiger partial charge is 0.279 e. The molecule has 0 spiro atoms. The molecule has 23 heavy (non-hydrogen) atoms. The standard InChI is InChI=1S/C17H17ClFN3O/c1-20-15-14(18)17(23)22(13-4-2-12(19)3-5-13)16(21-15)11-7-9-6-10(9)8-11/h2-5,9-11,20H,6-8H2,1H3/t9-,10+,11?. The van der Waals surface area contributed by atoms with Gasteiger partial charge in [-0.15, -0.1) is 0 Å². The highest BCUT2D eigenvalue weighted by Crippen LogP contribution is 2.57. The number of halogens is 2. The van der Waals surface area contributed by atoms with Crippen LogP contribution < -0.4 is 10.9 Å². The van der Waals surface area contributed by atoms with Crippen molar-refractivity contribution in [3.8, 4) is 5.69 Å². The highest BCUT2D eigenvalue weighted by molar-refractivity contribution is 6.32. The summed E-state index contributed by atoms with van der Waals surface area (Å²) in [4.78, 5) is 17.4. The van der Waals surface area contributed by atoms with E-state index in [0.29, 0.717) is 11.5 Å². The first-order chi connectivity index (χ1) is 11.1. The SMILES string of the molecule is CNc1nc(C2C[C@@H]3C[C@@H]3C2)n(-c2ccc(F)cc2)c(=O)c1Cl. The van der Waals surface area contributed by atoms with Crippen LogP contribution >= 0.6 is 11.6 Å². The zero-order valence-corrected chi connectivity index (χ0v) is 13.5. The molecule has 1 heterocycles. The zero-order valence-electron chi connectivity index (χ0n) is 12.7. The molecule has 0 amide bonds. The summed E-state index contributed by atoms with van der Waals surface area (Å²) in [6.07, 6.45) is 3.41. The molecule has 120 valence electrons. The van der Waals surface area contributed by atoms with E-state index in [1.807, 2.05) is 0 Å². The molecule has 1 N–H and O–H groups in total. The van der Waals surface area contributed by atoms with Crippen molar-refractivity contribution in [2.75, 3.05) is 12.4 Å². The molecule has 0 bridgehead atoms. The number of aromatic nitrogens is 2. The van der Waals surface area contributed by atoms with Crippen molar-refractivity contribution in [1.82, 2.24) is 9.55 Å². The van der Waals surface area contributed by atoms with Gasteiger partial charge in [0.2, 0.25) is 0 Å². The normalized spacial score (nSPS) is 25.3. The maximum absolute atomic E-state index is 13.2. The van der Waals surface area contributed by atoms with Gasteiger partial charge in [-0.2, -0.15) is 0 Å². The van der Waals surface area contributed by atoms with Crippen molar-refractivity contribution in [3.05, 3.63) is 51.3 Å². The molecule has 0 aliphatic heterocycles. The number of nitrogens with one attached hydrogen (secondary N) is 1. The average Bonchev–Trinajstić information content (AvgIpc) is 3.17. The molecular weight excluding hydrogens is 317 g/mol. The fourth-order valence-corrected chi connectivity index (χ4v) is 3.94. The van der Waals surface area contributed by atoms with Crippen LogP contribution in [0.4, 0.5) is 10.2 Å². The molecule has 6 heteroatoms. The molecule has 1 unspecified atom stereocenters. The molecular formula is C17H17ClFN3O. The summed E-state index contributed by atoms with van der Waals surface area (Å²) >= 11 is 6.16. The minimum absolute atomic E-state index is 0.0590. The van der Waals surface area contributed by atoms with Crippen molar-refractivity contribution >= 4 is 17.4 Å². The number of rotatable bonds is 3. The Morgan fingerprint density at radius 2 is 1.87 bits per heavy atom. The van der Waals surface area contributed by atoms with Crippen molar-refractivity contribution < 1.29 is 4.39 Å². The summed E-state index contributed by atoms with van der Waals surface area (Å²) in [5.74, 6) is 2.59. The van der Waals surface area contributed by atoms with Crippen LogP contribution in [-0.2, 0) is 0 Å². The average molecular weight is 334 g/mol. The van der Waals surface area contributed by atoms with E-state index in [4.69, 9.17) is 11.6 Å². The maximum Gasteiger partial charge on any atom is 0.279 e. The third-order valence-electron chi connectivity index (χ3n) is 4.98. The van der Waals surface area contributed by atoms with Gasteiger partial charge >= 0.3 is 0 Å². The number of fused-ring (bicyclic) bond motifs is 1. The predicted octanol–water partition coefficient (Wildman–Crippen LogP) is 3.58. The van der Waals surface area contributed by atoms with E-state index in [2.05, 4.69) is 10.3 Å². The van der Waals surface area contributed by atoms with Crippen molar-refractivity contribution in [1.29, 1.82) is 0 Å². The molecule has 4 nitrogen and oxygen atoms in total. The predicted molar refractivity (Wildman–Crippen MR) is 87.9 cm³/mol. The Labute approximate surface area is 138 Å². The maximum atomic E-state index is 13.2. The molecule has 2 saturated carbocycles. The van der Waals surface area contributed by atoms with Gasteiger partial charge in [-0.1, -0.05) is 11.6 Å². The second-order valence-corrected chi connectivity index (χ2v) is 6.80. The van der Waals surface area contributed by atoms with Crippen LogP contribution in [0.3, 0.4) is 0 Å². The molecule has 3 atom stereocenters. The van der Waals surface area contributed by atoms with Gasteiger partial charge < -0.3 is 5.32 Å². The van der Waals surface area contributed by atoms with Gasteiger partial charge in [0, 0.05) is 13.0 Å². The number of nitrogens with zero attached hydrogens (tertiary/aromatic N) is 2. The van der Waals surface area contributed by atoms with Gasteiger partial charge in [0.1, 0.15) is 16.7 Å². The van der Waals surface area contributed by atoms with Gasteiger partial charge in [0.05, 0.1) is 5.69 Å². The van der Waals surface area contributed by atoms with E-state index in [0.717, 1.165) is 30.5 Å². The van der Waals surface area contributed by atoms with Crippen LogP contribution in [-0.4, -0.2) is 16.6 Å². The largest absolute Gasteiger partial charge is 0.372 e. The van der Waals surface area contributed by atoms with Crippen LogP contribution in [0.1, 0.15) is 31.0 Å². The first-order valence-corrected chi connectivity index (χ1v) is 8.22. The Balaban J connectivity index is 1.89. The van der Waals surface area contributed by atoms with E-state index >= 15 is 0 Å². The van der Waals surface area contributed by atoms with Gasteiger partial charge in [0.15, 0.2) is 5.82 Å². The van der Waals surface area contributed by atoms with Crippen molar-refractivity contribution in [2.45, 2.75) is 25.2 Å². The lowest BCUT2D eigenvalue weighted by molar-refractivity contribution is 0.568. The molecule has 2 fully saturated rings. The third-order valence-corrected chi connectivity index (χ3v) is 5.33. The Kier molecular flexibility index (Phi) is 3.41. The number of anilines is 1. The third kappa shape index (κ3) is 2.43. The summed E-state index contributed by atoms with van der Waals surface area (Å²) in [5, 5.41) is 2.95. The summed E-state index contributed by atoms with van der Waals surface area (Å²) in [7, 11) is 1.70. The molecule has 2 aliphatic carbocycles. The monoisotopic (exact) mass is 333 g/mol. The number of benzene rings is 1. The van der Waals surface area contributed by atoms with E-state index in [-0.39, 0.29) is 22.3 Å². The lowest BCUT2D eigenvalue weighted by atomic mass is 10.0. The number of hydrogen-bond acceptors (Lipinski definition) is 3. The Morgan fingerprint density at radius 1 is 1.22 bits per heavy atom. The van der Waals surface area contributed by atoms with Crippen molar-refractivity contribution in [2.24, 2.45) is 11.8 Å². The first kappa shape index (κ1) is 14.7. The summed E-state index contributed by atoms with van der Waals surface area (Å²) in [5.41, 5.74) is 0.289. The molecule has 1 aromatic carbocycles. The molecule has 0 saturated heterocycles. The van der Waals surface area contributed by atoms with E-state index in [9.17, 15) is 9.18 Å². The highest BCUT2D eigenvalue weighted by atomic mass is 35.5. The van der Waals surface area contributed by atoms with Crippen LogP contribution in [0.5, 0.6) is 0 Å². The first-order valence-electron chi connectivity index (χ1n) is 7.84. The quantitative estimate of drug-likeness (QED) is 0.934. The zero-order chi connectivity index (χ0) is 16.1. The minimum Gasteiger partial charge on any atom is -0.372 e. The summed E-state index contributed by atoms with van der Waals surface area (Å²) in [6, 6.07) is 5.87. The second kappa shape index (κ2) is 5.34. The highest BCUT2D eigenvalue weighted by Gasteiger charge is 2.47. The van der Waals surface area contributed by atoms with Crippen LogP contribution in [0.2, 0.25) is 5.02 Å². The Hall–Kier alpha value is -1.88. The van der Waals surface area contributed by atoms with Crippen LogP contribution in [0.25, 0.3) is 5.69 Å². The van der Waals surface area contributed by atoms with Crippen molar-refractivity contribution in [3.63, 3.8) is 0 Å². The molecule has 0 radical (unpaired) electrons. The van der Waals surface area contributed by atoms with Gasteiger partial charge in [-0.3, -0.25) is 9.36 Å².